The summed E-state index contributed by atoms with van der Waals surface area (Å²) >= 11 is 0. The summed E-state index contributed by atoms with van der Waals surface area (Å²) < 4.78 is 2.27. The van der Waals surface area contributed by atoms with E-state index in [4.69, 9.17) is 10.1 Å². The molecule has 0 aliphatic carbocycles. The first-order valence-electron chi connectivity index (χ1n) is 8.43. The molecule has 1 heterocycles. The van der Waals surface area contributed by atoms with Crippen molar-refractivity contribution < 1.29 is 9.90 Å². The molecule has 0 spiro atoms. The second-order valence-electron chi connectivity index (χ2n) is 6.28. The molecular formula is C18H27N3O2. The van der Waals surface area contributed by atoms with Crippen molar-refractivity contribution in [2.24, 2.45) is 5.92 Å². The van der Waals surface area contributed by atoms with Gasteiger partial charge in [-0.3, -0.25) is 4.79 Å². The zero-order valence-corrected chi connectivity index (χ0v) is 14.1. The quantitative estimate of drug-likeness (QED) is 0.747. The first-order valence-corrected chi connectivity index (χ1v) is 8.43. The van der Waals surface area contributed by atoms with Gasteiger partial charge >= 0.3 is 0 Å². The van der Waals surface area contributed by atoms with Crippen LogP contribution >= 0.6 is 0 Å². The van der Waals surface area contributed by atoms with Gasteiger partial charge in [0.2, 0.25) is 5.91 Å². The van der Waals surface area contributed by atoms with Crippen LogP contribution < -0.4 is 5.32 Å². The van der Waals surface area contributed by atoms with Crippen LogP contribution in [0, 0.1) is 5.92 Å². The summed E-state index contributed by atoms with van der Waals surface area (Å²) in [6.45, 7) is 6.03. The average Bonchev–Trinajstić information content (AvgIpc) is 2.88. The molecule has 23 heavy (non-hydrogen) atoms. The molecular weight excluding hydrogens is 290 g/mol. The number of nitrogens with zero attached hydrogens (tertiary/aromatic N) is 2. The van der Waals surface area contributed by atoms with Crippen LogP contribution in [0.5, 0.6) is 0 Å². The fourth-order valence-electron chi connectivity index (χ4n) is 2.59. The molecule has 2 aromatic rings. The molecule has 0 aliphatic rings. The molecule has 0 bridgehead atoms. The van der Waals surface area contributed by atoms with Gasteiger partial charge in [0, 0.05) is 32.5 Å². The van der Waals surface area contributed by atoms with Crippen LogP contribution in [-0.4, -0.2) is 33.7 Å². The van der Waals surface area contributed by atoms with Gasteiger partial charge in [-0.25, -0.2) is 4.98 Å². The van der Waals surface area contributed by atoms with Crippen molar-refractivity contribution in [1.82, 2.24) is 14.9 Å². The third-order valence-electron chi connectivity index (χ3n) is 3.90. The molecule has 1 aromatic carbocycles. The maximum atomic E-state index is 11.6. The first kappa shape index (κ1) is 17.5. The molecule has 1 amide bonds. The van der Waals surface area contributed by atoms with Gasteiger partial charge in [0.25, 0.3) is 0 Å². The smallest absolute Gasteiger partial charge is 0.220 e. The van der Waals surface area contributed by atoms with E-state index in [1.165, 1.54) is 0 Å². The monoisotopic (exact) mass is 317 g/mol. The van der Waals surface area contributed by atoms with Crippen molar-refractivity contribution in [2.45, 2.75) is 46.1 Å². The Bertz CT molecular complexity index is 634. The summed E-state index contributed by atoms with van der Waals surface area (Å²) in [5.74, 6) is 1.65. The highest BCUT2D eigenvalue weighted by molar-refractivity contribution is 5.76. The van der Waals surface area contributed by atoms with Gasteiger partial charge in [0.1, 0.15) is 5.82 Å². The van der Waals surface area contributed by atoms with Crippen LogP contribution in [0.15, 0.2) is 24.3 Å². The number of imidazole rings is 1. The predicted octanol–water partition coefficient (Wildman–Crippen LogP) is 2.51. The van der Waals surface area contributed by atoms with Gasteiger partial charge in [0.15, 0.2) is 0 Å². The van der Waals surface area contributed by atoms with Crippen LogP contribution in [0.2, 0.25) is 0 Å². The lowest BCUT2D eigenvalue weighted by Crippen LogP contribution is -2.26. The standard InChI is InChI=1S/C18H27N3O2/c1-14(2)10-12-21-16-7-4-3-6-15(16)20-17(21)9-11-19-18(23)8-5-13-22/h3-4,6-7,14,22H,5,8-13H2,1-2H3,(H,19,23). The minimum absolute atomic E-state index is 0.0103. The van der Waals surface area contributed by atoms with Crippen LogP contribution in [0.4, 0.5) is 0 Å². The number of rotatable bonds is 9. The SMILES string of the molecule is CC(C)CCn1c(CCNC(=O)CCCO)nc2ccccc21. The highest BCUT2D eigenvalue weighted by Crippen LogP contribution is 2.18. The van der Waals surface area contributed by atoms with E-state index in [0.717, 1.165) is 36.2 Å². The molecule has 0 unspecified atom stereocenters. The number of nitrogens with one attached hydrogen (secondary N) is 1. The highest BCUT2D eigenvalue weighted by Gasteiger charge is 2.11. The number of aromatic nitrogens is 2. The number of carbonyl (C=O) groups is 1. The van der Waals surface area contributed by atoms with Gasteiger partial charge in [-0.1, -0.05) is 26.0 Å². The number of aliphatic hydroxyl groups is 1. The number of aliphatic hydroxyl groups excluding tert-OH is 1. The summed E-state index contributed by atoms with van der Waals surface area (Å²) in [6.07, 6.45) is 2.72. The minimum Gasteiger partial charge on any atom is -0.396 e. The van der Waals surface area contributed by atoms with E-state index >= 15 is 0 Å². The number of fused-ring (bicyclic) bond motifs is 1. The molecule has 5 nitrogen and oxygen atoms in total. The topological polar surface area (TPSA) is 67.2 Å². The van der Waals surface area contributed by atoms with Gasteiger partial charge in [-0.2, -0.15) is 0 Å². The van der Waals surface area contributed by atoms with Crippen molar-refractivity contribution in [3.05, 3.63) is 30.1 Å². The van der Waals surface area contributed by atoms with Crippen molar-refractivity contribution >= 4 is 16.9 Å². The molecule has 5 heteroatoms. The Morgan fingerprint density at radius 1 is 1.35 bits per heavy atom. The van der Waals surface area contributed by atoms with Crippen LogP contribution in [0.1, 0.15) is 38.9 Å². The highest BCUT2D eigenvalue weighted by atomic mass is 16.3. The fourth-order valence-corrected chi connectivity index (χ4v) is 2.59. The number of para-hydroxylation sites is 2. The fraction of sp³-hybridized carbons (Fsp3) is 0.556. The molecule has 0 saturated carbocycles. The van der Waals surface area contributed by atoms with Crippen LogP contribution in [0.25, 0.3) is 11.0 Å². The van der Waals surface area contributed by atoms with Crippen molar-refractivity contribution in [1.29, 1.82) is 0 Å². The maximum absolute atomic E-state index is 11.6. The lowest BCUT2D eigenvalue weighted by atomic mass is 10.1. The summed E-state index contributed by atoms with van der Waals surface area (Å²) in [7, 11) is 0. The minimum atomic E-state index is -0.0103. The number of benzene rings is 1. The van der Waals surface area contributed by atoms with Crippen molar-refractivity contribution in [2.75, 3.05) is 13.2 Å². The average molecular weight is 317 g/mol. The molecule has 0 saturated heterocycles. The number of carbonyl (C=O) groups excluding carboxylic acids is 1. The summed E-state index contributed by atoms with van der Waals surface area (Å²) in [5.41, 5.74) is 2.17. The number of hydrogen-bond donors (Lipinski definition) is 2. The Morgan fingerprint density at radius 2 is 2.13 bits per heavy atom. The molecule has 0 aliphatic heterocycles. The number of aryl methyl sites for hydroxylation is 1. The lowest BCUT2D eigenvalue weighted by molar-refractivity contribution is -0.121. The van der Waals surface area contributed by atoms with E-state index in [1.54, 1.807) is 0 Å². The van der Waals surface area contributed by atoms with Gasteiger partial charge in [0.05, 0.1) is 11.0 Å². The number of hydrogen-bond acceptors (Lipinski definition) is 3. The van der Waals surface area contributed by atoms with E-state index in [-0.39, 0.29) is 12.5 Å². The van der Waals surface area contributed by atoms with Gasteiger partial charge < -0.3 is 15.0 Å². The molecule has 0 atom stereocenters. The third kappa shape index (κ3) is 5.06. The second-order valence-corrected chi connectivity index (χ2v) is 6.28. The van der Waals surface area contributed by atoms with Crippen LogP contribution in [-0.2, 0) is 17.8 Å². The second kappa shape index (κ2) is 8.67. The van der Waals surface area contributed by atoms with Crippen molar-refractivity contribution in [3.63, 3.8) is 0 Å². The van der Waals surface area contributed by atoms with Gasteiger partial charge in [-0.05, 0) is 30.9 Å². The van der Waals surface area contributed by atoms with E-state index in [9.17, 15) is 4.79 Å². The van der Waals surface area contributed by atoms with E-state index in [1.807, 2.05) is 18.2 Å². The molecule has 0 fully saturated rings. The predicted molar refractivity (Wildman–Crippen MR) is 92.2 cm³/mol. The Morgan fingerprint density at radius 3 is 2.87 bits per heavy atom. The molecule has 0 radical (unpaired) electrons. The zero-order chi connectivity index (χ0) is 16.7. The van der Waals surface area contributed by atoms with E-state index < -0.39 is 0 Å². The maximum Gasteiger partial charge on any atom is 0.220 e. The molecule has 2 N–H and O–H groups in total. The normalized spacial score (nSPS) is 11.3. The molecule has 126 valence electrons. The largest absolute Gasteiger partial charge is 0.396 e. The Hall–Kier alpha value is -1.88. The Balaban J connectivity index is 2.03. The molecule has 1 aromatic heterocycles. The zero-order valence-electron chi connectivity index (χ0n) is 14.1. The Kier molecular flexibility index (Phi) is 6.59. The van der Waals surface area contributed by atoms with E-state index in [0.29, 0.717) is 25.3 Å². The lowest BCUT2D eigenvalue weighted by Gasteiger charge is -2.11. The summed E-state index contributed by atoms with van der Waals surface area (Å²) in [5, 5.41) is 11.6. The summed E-state index contributed by atoms with van der Waals surface area (Å²) in [6, 6.07) is 8.18. The van der Waals surface area contributed by atoms with E-state index in [2.05, 4.69) is 29.8 Å². The Labute approximate surface area is 137 Å². The molecule has 2 rings (SSSR count). The first-order chi connectivity index (χ1) is 11.1. The van der Waals surface area contributed by atoms with Crippen LogP contribution in [0.3, 0.4) is 0 Å². The summed E-state index contributed by atoms with van der Waals surface area (Å²) in [4.78, 5) is 16.3. The third-order valence-corrected chi connectivity index (χ3v) is 3.90. The van der Waals surface area contributed by atoms with Gasteiger partial charge in [-0.15, -0.1) is 0 Å². The number of amides is 1. The van der Waals surface area contributed by atoms with Crippen molar-refractivity contribution in [3.8, 4) is 0 Å².